The van der Waals surface area contributed by atoms with Crippen molar-refractivity contribution in [3.8, 4) is 0 Å². The van der Waals surface area contributed by atoms with Crippen LogP contribution in [0.1, 0.15) is 20.3 Å². The minimum absolute atomic E-state index is 0.000591. The lowest BCUT2D eigenvalue weighted by Gasteiger charge is -2.10. The fourth-order valence-electron chi connectivity index (χ4n) is 1.22. The van der Waals surface area contributed by atoms with Gasteiger partial charge >= 0.3 is 5.97 Å². The number of rotatable bonds is 3. The summed E-state index contributed by atoms with van der Waals surface area (Å²) >= 11 is 0. The second kappa shape index (κ2) is 4.45. The van der Waals surface area contributed by atoms with Crippen molar-refractivity contribution in [2.24, 2.45) is 11.8 Å². The highest BCUT2D eigenvalue weighted by Crippen LogP contribution is 2.08. The summed E-state index contributed by atoms with van der Waals surface area (Å²) in [6, 6.07) is 0. The molecule has 1 rings (SSSR count). The summed E-state index contributed by atoms with van der Waals surface area (Å²) in [5, 5.41) is 3.23. The molecule has 1 aliphatic heterocycles. The van der Waals surface area contributed by atoms with Crippen LogP contribution in [0.3, 0.4) is 0 Å². The molecule has 0 aromatic rings. The lowest BCUT2D eigenvalue weighted by atomic mass is 10.1. The van der Waals surface area contributed by atoms with Crippen molar-refractivity contribution in [2.45, 2.75) is 20.3 Å². The smallest absolute Gasteiger partial charge is 0.308 e. The van der Waals surface area contributed by atoms with Crippen molar-refractivity contribution < 1.29 is 9.53 Å². The Morgan fingerprint density at radius 3 is 2.92 bits per heavy atom. The number of ether oxygens (including phenoxy) is 1. The fraction of sp³-hybridized carbons (Fsp3) is 0.889. The van der Waals surface area contributed by atoms with Crippen molar-refractivity contribution in [3.05, 3.63) is 0 Å². The summed E-state index contributed by atoms with van der Waals surface area (Å²) in [6.07, 6.45) is 1.13. The number of carbonyl (C=O) groups excluding carboxylic acids is 1. The van der Waals surface area contributed by atoms with E-state index in [-0.39, 0.29) is 11.9 Å². The SMILES string of the molecule is CC(C)C(=O)OC[C@H]1CCNC1. The molecule has 12 heavy (non-hydrogen) atoms. The van der Waals surface area contributed by atoms with E-state index < -0.39 is 0 Å². The molecule has 0 bridgehead atoms. The topological polar surface area (TPSA) is 38.3 Å². The first-order chi connectivity index (χ1) is 5.70. The van der Waals surface area contributed by atoms with E-state index in [1.54, 1.807) is 0 Å². The fourth-order valence-corrected chi connectivity index (χ4v) is 1.22. The minimum atomic E-state index is -0.0816. The van der Waals surface area contributed by atoms with E-state index in [1.165, 1.54) is 0 Å². The normalized spacial score (nSPS) is 23.1. The summed E-state index contributed by atoms with van der Waals surface area (Å²) in [7, 11) is 0. The van der Waals surface area contributed by atoms with E-state index in [2.05, 4.69) is 5.32 Å². The van der Waals surface area contributed by atoms with Gasteiger partial charge in [0.2, 0.25) is 0 Å². The molecular formula is C9H17NO2. The maximum Gasteiger partial charge on any atom is 0.308 e. The minimum Gasteiger partial charge on any atom is -0.465 e. The van der Waals surface area contributed by atoms with E-state index in [4.69, 9.17) is 4.74 Å². The monoisotopic (exact) mass is 171 g/mol. The van der Waals surface area contributed by atoms with Crippen molar-refractivity contribution in [2.75, 3.05) is 19.7 Å². The Morgan fingerprint density at radius 2 is 2.42 bits per heavy atom. The van der Waals surface area contributed by atoms with Gasteiger partial charge in [-0.3, -0.25) is 4.79 Å². The van der Waals surface area contributed by atoms with Gasteiger partial charge in [-0.2, -0.15) is 0 Å². The van der Waals surface area contributed by atoms with Crippen LogP contribution in [0.15, 0.2) is 0 Å². The predicted octanol–water partition coefficient (Wildman–Crippen LogP) is 0.795. The lowest BCUT2D eigenvalue weighted by Crippen LogP contribution is -2.19. The zero-order chi connectivity index (χ0) is 8.97. The molecule has 1 N–H and O–H groups in total. The average molecular weight is 171 g/mol. The maximum atomic E-state index is 11.1. The highest BCUT2D eigenvalue weighted by atomic mass is 16.5. The molecule has 70 valence electrons. The number of carbonyl (C=O) groups is 1. The average Bonchev–Trinajstić information content (AvgIpc) is 2.51. The molecule has 0 aromatic carbocycles. The van der Waals surface area contributed by atoms with E-state index >= 15 is 0 Å². The van der Waals surface area contributed by atoms with Crippen LogP contribution in [0, 0.1) is 11.8 Å². The van der Waals surface area contributed by atoms with Crippen molar-refractivity contribution in [3.63, 3.8) is 0 Å². The van der Waals surface area contributed by atoms with Crippen molar-refractivity contribution in [1.82, 2.24) is 5.32 Å². The van der Waals surface area contributed by atoms with Crippen LogP contribution in [0.5, 0.6) is 0 Å². The summed E-state index contributed by atoms with van der Waals surface area (Å²) < 4.78 is 5.11. The zero-order valence-corrected chi connectivity index (χ0v) is 7.80. The number of hydrogen-bond acceptors (Lipinski definition) is 3. The van der Waals surface area contributed by atoms with Crippen LogP contribution < -0.4 is 5.32 Å². The molecule has 0 amide bonds. The van der Waals surface area contributed by atoms with E-state index in [0.717, 1.165) is 19.5 Å². The Hall–Kier alpha value is -0.570. The van der Waals surface area contributed by atoms with Gasteiger partial charge in [-0.15, -0.1) is 0 Å². The van der Waals surface area contributed by atoms with Crippen molar-refractivity contribution >= 4 is 5.97 Å². The standard InChI is InChI=1S/C9H17NO2/c1-7(2)9(11)12-6-8-3-4-10-5-8/h7-8,10H,3-6H2,1-2H3/t8-/m0/s1. The van der Waals surface area contributed by atoms with Crippen molar-refractivity contribution in [1.29, 1.82) is 0 Å². The molecule has 1 heterocycles. The molecule has 0 aliphatic carbocycles. The van der Waals surface area contributed by atoms with Gasteiger partial charge in [-0.25, -0.2) is 0 Å². The Labute approximate surface area is 73.5 Å². The van der Waals surface area contributed by atoms with Gasteiger partial charge in [0, 0.05) is 12.5 Å². The number of nitrogens with one attached hydrogen (secondary N) is 1. The van der Waals surface area contributed by atoms with E-state index in [0.29, 0.717) is 12.5 Å². The molecule has 3 heteroatoms. The predicted molar refractivity (Wildman–Crippen MR) is 46.8 cm³/mol. The molecule has 1 fully saturated rings. The third-order valence-corrected chi connectivity index (χ3v) is 2.10. The molecule has 1 saturated heterocycles. The largest absolute Gasteiger partial charge is 0.465 e. The summed E-state index contributed by atoms with van der Waals surface area (Å²) in [4.78, 5) is 11.1. The number of esters is 1. The number of hydrogen-bond donors (Lipinski definition) is 1. The second-order valence-electron chi connectivity index (χ2n) is 3.64. The highest BCUT2D eigenvalue weighted by molar-refractivity contribution is 5.71. The molecule has 1 aliphatic rings. The molecule has 3 nitrogen and oxygen atoms in total. The van der Waals surface area contributed by atoms with Gasteiger partial charge in [-0.05, 0) is 13.0 Å². The van der Waals surface area contributed by atoms with Gasteiger partial charge in [0.05, 0.1) is 12.5 Å². The Kier molecular flexibility index (Phi) is 3.53. The first-order valence-corrected chi connectivity index (χ1v) is 4.57. The van der Waals surface area contributed by atoms with Gasteiger partial charge in [0.1, 0.15) is 0 Å². The summed E-state index contributed by atoms with van der Waals surface area (Å²) in [6.45, 7) is 6.35. The highest BCUT2D eigenvalue weighted by Gasteiger charge is 2.17. The molecule has 0 spiro atoms. The molecule has 1 atom stereocenters. The third-order valence-electron chi connectivity index (χ3n) is 2.10. The Balaban J connectivity index is 2.12. The van der Waals surface area contributed by atoms with Crippen LogP contribution in [-0.2, 0) is 9.53 Å². The first kappa shape index (κ1) is 9.52. The van der Waals surface area contributed by atoms with Crippen LogP contribution in [0.25, 0.3) is 0 Å². The zero-order valence-electron chi connectivity index (χ0n) is 7.80. The molecular weight excluding hydrogens is 154 g/mol. The molecule has 0 saturated carbocycles. The quantitative estimate of drug-likeness (QED) is 0.638. The van der Waals surface area contributed by atoms with Crippen LogP contribution in [0.4, 0.5) is 0 Å². The molecule has 0 radical (unpaired) electrons. The third kappa shape index (κ3) is 2.81. The van der Waals surface area contributed by atoms with Gasteiger partial charge in [0.25, 0.3) is 0 Å². The van der Waals surface area contributed by atoms with Gasteiger partial charge in [-0.1, -0.05) is 13.8 Å². The van der Waals surface area contributed by atoms with Crippen LogP contribution >= 0.6 is 0 Å². The van der Waals surface area contributed by atoms with Crippen LogP contribution in [0.2, 0.25) is 0 Å². The van der Waals surface area contributed by atoms with E-state index in [9.17, 15) is 4.79 Å². The van der Waals surface area contributed by atoms with E-state index in [1.807, 2.05) is 13.8 Å². The first-order valence-electron chi connectivity index (χ1n) is 4.57. The Morgan fingerprint density at radius 1 is 1.67 bits per heavy atom. The molecule has 0 unspecified atom stereocenters. The summed E-state index contributed by atoms with van der Waals surface area (Å²) in [5.41, 5.74) is 0. The maximum absolute atomic E-state index is 11.1. The second-order valence-corrected chi connectivity index (χ2v) is 3.64. The van der Waals surface area contributed by atoms with Gasteiger partial charge < -0.3 is 10.1 Å². The Bertz CT molecular complexity index is 151. The van der Waals surface area contributed by atoms with Crippen LogP contribution in [-0.4, -0.2) is 25.7 Å². The molecule has 0 aromatic heterocycles. The van der Waals surface area contributed by atoms with Gasteiger partial charge in [0.15, 0.2) is 0 Å². The lowest BCUT2D eigenvalue weighted by molar-refractivity contribution is -0.148. The summed E-state index contributed by atoms with van der Waals surface area (Å²) in [5.74, 6) is 0.453.